The zero-order chi connectivity index (χ0) is 11.3. The molecule has 0 aliphatic heterocycles. The highest BCUT2D eigenvalue weighted by molar-refractivity contribution is 6.35. The van der Waals surface area contributed by atoms with Crippen LogP contribution in [-0.4, -0.2) is 5.97 Å². The van der Waals surface area contributed by atoms with Crippen LogP contribution in [0.5, 0.6) is 0 Å². The maximum Gasteiger partial charge on any atom is 0.330 e. The molecule has 0 aliphatic carbocycles. The molecule has 1 aromatic rings. The topological polar surface area (TPSA) is 26.3 Å². The molecular formula is C11H10Cl2O2. The fourth-order valence-corrected chi connectivity index (χ4v) is 1.43. The third-order valence-corrected chi connectivity index (χ3v) is 2.27. The normalized spacial score (nSPS) is 10.6. The number of hydrogen-bond donors (Lipinski definition) is 0. The Bertz CT molecular complexity index is 386. The lowest BCUT2D eigenvalue weighted by molar-refractivity contribution is -0.139. The lowest BCUT2D eigenvalue weighted by Gasteiger charge is -2.04. The van der Waals surface area contributed by atoms with Crippen LogP contribution in [-0.2, 0) is 16.1 Å². The molecule has 2 nitrogen and oxygen atoms in total. The summed E-state index contributed by atoms with van der Waals surface area (Å²) >= 11 is 11.6. The van der Waals surface area contributed by atoms with Crippen molar-refractivity contribution < 1.29 is 9.53 Å². The molecule has 0 bridgehead atoms. The molecule has 80 valence electrons. The van der Waals surface area contributed by atoms with E-state index in [2.05, 4.69) is 0 Å². The molecule has 15 heavy (non-hydrogen) atoms. The maximum absolute atomic E-state index is 11.0. The Labute approximate surface area is 98.4 Å². The number of carbonyl (C=O) groups excluding carboxylic acids is 1. The number of hydrogen-bond acceptors (Lipinski definition) is 2. The van der Waals surface area contributed by atoms with Crippen molar-refractivity contribution in [1.29, 1.82) is 0 Å². The van der Waals surface area contributed by atoms with Gasteiger partial charge in [0.05, 0.1) is 0 Å². The first-order valence-electron chi connectivity index (χ1n) is 4.37. The molecule has 0 radical (unpaired) electrons. The zero-order valence-electron chi connectivity index (χ0n) is 8.17. The number of benzene rings is 1. The van der Waals surface area contributed by atoms with Gasteiger partial charge in [0.25, 0.3) is 0 Å². The summed E-state index contributed by atoms with van der Waals surface area (Å²) in [6, 6.07) is 5.04. The van der Waals surface area contributed by atoms with E-state index in [-0.39, 0.29) is 12.6 Å². The minimum Gasteiger partial charge on any atom is -0.458 e. The summed E-state index contributed by atoms with van der Waals surface area (Å²) in [5.41, 5.74) is 0.735. The van der Waals surface area contributed by atoms with Gasteiger partial charge < -0.3 is 4.74 Å². The molecule has 0 spiro atoms. The fraction of sp³-hybridized carbons (Fsp3) is 0.182. The molecule has 0 aromatic heterocycles. The van der Waals surface area contributed by atoms with Crippen LogP contribution in [0.2, 0.25) is 10.0 Å². The van der Waals surface area contributed by atoms with Crippen LogP contribution >= 0.6 is 23.2 Å². The average molecular weight is 245 g/mol. The predicted octanol–water partition coefficient (Wildman–Crippen LogP) is 3.61. The Kier molecular flexibility index (Phi) is 4.66. The lowest BCUT2D eigenvalue weighted by atomic mass is 10.2. The molecule has 0 saturated carbocycles. The maximum atomic E-state index is 11.0. The minimum atomic E-state index is -0.386. The van der Waals surface area contributed by atoms with E-state index in [1.165, 1.54) is 6.08 Å². The molecule has 0 unspecified atom stereocenters. The number of halogens is 2. The Morgan fingerprint density at radius 1 is 1.47 bits per heavy atom. The van der Waals surface area contributed by atoms with Gasteiger partial charge in [0.1, 0.15) is 6.61 Å². The van der Waals surface area contributed by atoms with Gasteiger partial charge in [0, 0.05) is 21.7 Å². The molecule has 0 aliphatic rings. The van der Waals surface area contributed by atoms with E-state index in [0.717, 1.165) is 5.56 Å². The summed E-state index contributed by atoms with van der Waals surface area (Å²) in [6.07, 6.45) is 2.97. The Balaban J connectivity index is 2.62. The monoisotopic (exact) mass is 244 g/mol. The molecule has 0 amide bonds. The van der Waals surface area contributed by atoms with Crippen LogP contribution in [0.25, 0.3) is 0 Å². The van der Waals surface area contributed by atoms with Gasteiger partial charge in [-0.05, 0) is 19.1 Å². The van der Waals surface area contributed by atoms with Crippen molar-refractivity contribution in [3.8, 4) is 0 Å². The summed E-state index contributed by atoms with van der Waals surface area (Å²) in [6.45, 7) is 1.90. The third-order valence-electron chi connectivity index (χ3n) is 1.69. The first kappa shape index (κ1) is 12.1. The van der Waals surface area contributed by atoms with Gasteiger partial charge in [-0.3, -0.25) is 0 Å². The SMILES string of the molecule is CC=CC(=O)OCc1ccc(Cl)cc1Cl. The molecule has 1 rings (SSSR count). The highest BCUT2D eigenvalue weighted by Crippen LogP contribution is 2.21. The van der Waals surface area contributed by atoms with E-state index >= 15 is 0 Å². The van der Waals surface area contributed by atoms with Crippen molar-refractivity contribution in [1.82, 2.24) is 0 Å². The Morgan fingerprint density at radius 3 is 2.80 bits per heavy atom. The first-order valence-corrected chi connectivity index (χ1v) is 5.12. The van der Waals surface area contributed by atoms with Gasteiger partial charge in [0.15, 0.2) is 0 Å². The van der Waals surface area contributed by atoms with Crippen molar-refractivity contribution in [2.75, 3.05) is 0 Å². The van der Waals surface area contributed by atoms with Gasteiger partial charge in [-0.2, -0.15) is 0 Å². The average Bonchev–Trinajstić information content (AvgIpc) is 2.17. The molecule has 4 heteroatoms. The zero-order valence-corrected chi connectivity index (χ0v) is 9.68. The number of esters is 1. The summed E-state index contributed by atoms with van der Waals surface area (Å²) in [5, 5.41) is 1.05. The van der Waals surface area contributed by atoms with Crippen LogP contribution in [0.1, 0.15) is 12.5 Å². The first-order chi connectivity index (χ1) is 7.13. The summed E-state index contributed by atoms with van der Waals surface area (Å²) < 4.78 is 4.94. The van der Waals surface area contributed by atoms with Crippen molar-refractivity contribution in [2.45, 2.75) is 13.5 Å². The summed E-state index contributed by atoms with van der Waals surface area (Å²) in [7, 11) is 0. The molecule has 1 aromatic carbocycles. The summed E-state index contributed by atoms with van der Waals surface area (Å²) in [4.78, 5) is 11.0. The lowest BCUT2D eigenvalue weighted by Crippen LogP contribution is -2.00. The van der Waals surface area contributed by atoms with E-state index < -0.39 is 0 Å². The second-order valence-electron chi connectivity index (χ2n) is 2.84. The minimum absolute atomic E-state index is 0.152. The molecular weight excluding hydrogens is 235 g/mol. The molecule has 0 N–H and O–H groups in total. The highest BCUT2D eigenvalue weighted by atomic mass is 35.5. The molecule has 0 atom stereocenters. The van der Waals surface area contributed by atoms with E-state index in [4.69, 9.17) is 27.9 Å². The van der Waals surface area contributed by atoms with Gasteiger partial charge in [-0.1, -0.05) is 35.3 Å². The van der Waals surface area contributed by atoms with E-state index in [1.807, 2.05) is 0 Å². The number of rotatable bonds is 3. The number of carbonyl (C=O) groups is 1. The predicted molar refractivity (Wildman–Crippen MR) is 61.1 cm³/mol. The van der Waals surface area contributed by atoms with E-state index in [0.29, 0.717) is 10.0 Å². The number of ether oxygens (including phenoxy) is 1. The van der Waals surface area contributed by atoms with Crippen LogP contribution in [0, 0.1) is 0 Å². The van der Waals surface area contributed by atoms with Crippen molar-refractivity contribution in [3.05, 3.63) is 46.0 Å². The van der Waals surface area contributed by atoms with E-state index in [1.54, 1.807) is 31.2 Å². The molecule has 0 saturated heterocycles. The number of allylic oxidation sites excluding steroid dienone is 1. The van der Waals surface area contributed by atoms with Gasteiger partial charge >= 0.3 is 5.97 Å². The van der Waals surface area contributed by atoms with Crippen molar-refractivity contribution in [2.24, 2.45) is 0 Å². The molecule has 0 fully saturated rings. The van der Waals surface area contributed by atoms with Crippen LogP contribution < -0.4 is 0 Å². The van der Waals surface area contributed by atoms with Crippen molar-refractivity contribution in [3.63, 3.8) is 0 Å². The summed E-state index contributed by atoms with van der Waals surface area (Å²) in [5.74, 6) is -0.386. The molecule has 0 heterocycles. The second kappa shape index (κ2) is 5.79. The standard InChI is InChI=1S/C11H10Cl2O2/c1-2-3-11(14)15-7-8-4-5-9(12)6-10(8)13/h2-6H,7H2,1H3. The van der Waals surface area contributed by atoms with Crippen LogP contribution in [0.4, 0.5) is 0 Å². The highest BCUT2D eigenvalue weighted by Gasteiger charge is 2.03. The Hall–Kier alpha value is -0.990. The third kappa shape index (κ3) is 3.94. The Morgan fingerprint density at radius 2 is 2.20 bits per heavy atom. The smallest absolute Gasteiger partial charge is 0.330 e. The van der Waals surface area contributed by atoms with Gasteiger partial charge in [0.2, 0.25) is 0 Å². The fourth-order valence-electron chi connectivity index (χ4n) is 0.972. The van der Waals surface area contributed by atoms with Crippen LogP contribution in [0.3, 0.4) is 0 Å². The van der Waals surface area contributed by atoms with Gasteiger partial charge in [-0.15, -0.1) is 0 Å². The quantitative estimate of drug-likeness (QED) is 0.600. The van der Waals surface area contributed by atoms with Crippen LogP contribution in [0.15, 0.2) is 30.4 Å². The second-order valence-corrected chi connectivity index (χ2v) is 3.69. The van der Waals surface area contributed by atoms with Crippen molar-refractivity contribution >= 4 is 29.2 Å². The van der Waals surface area contributed by atoms with Gasteiger partial charge in [-0.25, -0.2) is 4.79 Å². The largest absolute Gasteiger partial charge is 0.458 e. The van der Waals surface area contributed by atoms with E-state index in [9.17, 15) is 4.79 Å².